The number of carbonyl (C=O) groups is 4. The van der Waals surface area contributed by atoms with Gasteiger partial charge >= 0.3 is 0 Å². The fraction of sp³-hybridized carbons (Fsp3) is 0. The van der Waals surface area contributed by atoms with Crippen LogP contribution in [-0.4, -0.2) is 43.6 Å². The van der Waals surface area contributed by atoms with Gasteiger partial charge in [-0.15, -0.1) is 0 Å². The van der Waals surface area contributed by atoms with Crippen LogP contribution in [0.4, 0.5) is 0 Å². The minimum Gasteiger partial charge on any atom is -0.504 e. The highest BCUT2D eigenvalue weighted by Crippen LogP contribution is 2.07. The minimum atomic E-state index is -0.882. The SMILES string of the molecule is O=C1C=C(O)C(=O)C=C1O.O=C1C=CC(=O)C(O)=C1O. The lowest BCUT2D eigenvalue weighted by molar-refractivity contribution is -0.118. The summed E-state index contributed by atoms with van der Waals surface area (Å²) in [4.78, 5) is 41.8. The van der Waals surface area contributed by atoms with E-state index >= 15 is 0 Å². The summed E-state index contributed by atoms with van der Waals surface area (Å²) >= 11 is 0. The fourth-order valence-electron chi connectivity index (χ4n) is 1.08. The van der Waals surface area contributed by atoms with E-state index in [1.807, 2.05) is 0 Å². The standard InChI is InChI=1S/2C6H4O4/c7-3-1-4(8)6(10)2-5(3)9;7-3-1-2-4(8)6(10)5(3)9/h1-2,7,10H;1-2,9-10H. The number of hydrogen-bond acceptors (Lipinski definition) is 8. The summed E-state index contributed by atoms with van der Waals surface area (Å²) in [5.41, 5.74) is 0. The monoisotopic (exact) mass is 280 g/mol. The molecule has 0 fully saturated rings. The van der Waals surface area contributed by atoms with Gasteiger partial charge in [0.2, 0.25) is 34.7 Å². The van der Waals surface area contributed by atoms with Gasteiger partial charge in [0.05, 0.1) is 0 Å². The van der Waals surface area contributed by atoms with Gasteiger partial charge in [-0.25, -0.2) is 0 Å². The second-order valence-electron chi connectivity index (χ2n) is 3.55. The van der Waals surface area contributed by atoms with Crippen LogP contribution >= 0.6 is 0 Å². The molecule has 20 heavy (non-hydrogen) atoms. The van der Waals surface area contributed by atoms with Crippen molar-refractivity contribution in [3.8, 4) is 0 Å². The first-order valence-electron chi connectivity index (χ1n) is 5.03. The highest BCUT2D eigenvalue weighted by atomic mass is 16.3. The van der Waals surface area contributed by atoms with E-state index in [9.17, 15) is 19.2 Å². The van der Waals surface area contributed by atoms with Gasteiger partial charge in [-0.05, 0) is 12.2 Å². The molecule has 0 aromatic carbocycles. The Balaban J connectivity index is 0.000000200. The molecular weight excluding hydrogens is 272 g/mol. The van der Waals surface area contributed by atoms with Crippen LogP contribution in [0.3, 0.4) is 0 Å². The average Bonchev–Trinajstić information content (AvgIpc) is 2.39. The number of aliphatic hydroxyl groups is 4. The number of aliphatic hydroxyl groups excluding tert-OH is 4. The predicted molar refractivity (Wildman–Crippen MR) is 62.9 cm³/mol. The molecular formula is C12H8O8. The van der Waals surface area contributed by atoms with E-state index in [1.165, 1.54) is 0 Å². The quantitative estimate of drug-likeness (QED) is 0.454. The number of carbonyl (C=O) groups excluding carboxylic acids is 4. The Bertz CT molecular complexity index is 572. The molecule has 0 saturated heterocycles. The second kappa shape index (κ2) is 5.65. The lowest BCUT2D eigenvalue weighted by atomic mass is 10.1. The molecule has 0 aromatic heterocycles. The van der Waals surface area contributed by atoms with Crippen molar-refractivity contribution < 1.29 is 39.6 Å². The summed E-state index contributed by atoms with van der Waals surface area (Å²) in [6.07, 6.45) is 3.16. The van der Waals surface area contributed by atoms with Gasteiger partial charge < -0.3 is 20.4 Å². The topological polar surface area (TPSA) is 149 Å². The van der Waals surface area contributed by atoms with Crippen LogP contribution < -0.4 is 0 Å². The molecule has 0 atom stereocenters. The van der Waals surface area contributed by atoms with Crippen LogP contribution in [-0.2, 0) is 19.2 Å². The third-order valence-electron chi connectivity index (χ3n) is 2.12. The molecule has 0 heterocycles. The van der Waals surface area contributed by atoms with Crippen LogP contribution in [0.15, 0.2) is 47.3 Å². The molecule has 0 aliphatic heterocycles. The van der Waals surface area contributed by atoms with Gasteiger partial charge in [-0.3, -0.25) is 19.2 Å². The number of hydrogen-bond donors (Lipinski definition) is 4. The lowest BCUT2D eigenvalue weighted by Crippen LogP contribution is -2.13. The van der Waals surface area contributed by atoms with Crippen molar-refractivity contribution in [2.75, 3.05) is 0 Å². The predicted octanol–water partition coefficient (Wildman–Crippen LogP) is 0.0440. The first-order valence-corrected chi connectivity index (χ1v) is 5.03. The molecule has 4 N–H and O–H groups in total. The Kier molecular flexibility index (Phi) is 4.21. The first kappa shape index (κ1) is 14.9. The van der Waals surface area contributed by atoms with E-state index in [-0.39, 0.29) is 0 Å². The number of rotatable bonds is 0. The first-order chi connectivity index (χ1) is 9.23. The van der Waals surface area contributed by atoms with E-state index in [2.05, 4.69) is 0 Å². The third kappa shape index (κ3) is 3.19. The lowest BCUT2D eigenvalue weighted by Gasteiger charge is -2.01. The van der Waals surface area contributed by atoms with Gasteiger partial charge in [0.25, 0.3) is 0 Å². The molecule has 104 valence electrons. The molecule has 8 heteroatoms. The molecule has 0 radical (unpaired) electrons. The molecule has 0 aromatic rings. The third-order valence-corrected chi connectivity index (χ3v) is 2.12. The van der Waals surface area contributed by atoms with Gasteiger partial charge in [-0.2, -0.15) is 0 Å². The Hall–Kier alpha value is -3.16. The van der Waals surface area contributed by atoms with Crippen LogP contribution in [0, 0.1) is 0 Å². The van der Waals surface area contributed by atoms with Crippen molar-refractivity contribution >= 4 is 23.1 Å². The Morgan fingerprint density at radius 1 is 0.550 bits per heavy atom. The molecule has 8 nitrogen and oxygen atoms in total. The Morgan fingerprint density at radius 2 is 0.850 bits per heavy atom. The van der Waals surface area contributed by atoms with E-state index in [1.54, 1.807) is 0 Å². The summed E-state index contributed by atoms with van der Waals surface area (Å²) in [5, 5.41) is 34.5. The van der Waals surface area contributed by atoms with Crippen molar-refractivity contribution in [1.82, 2.24) is 0 Å². The van der Waals surface area contributed by atoms with E-state index in [0.29, 0.717) is 12.2 Å². The van der Waals surface area contributed by atoms with Crippen molar-refractivity contribution in [2.45, 2.75) is 0 Å². The van der Waals surface area contributed by atoms with Crippen LogP contribution in [0.5, 0.6) is 0 Å². The van der Waals surface area contributed by atoms with E-state index in [4.69, 9.17) is 20.4 Å². The normalized spacial score (nSPS) is 18.4. The fourth-order valence-corrected chi connectivity index (χ4v) is 1.08. The maximum absolute atomic E-state index is 10.4. The molecule has 2 rings (SSSR count). The van der Waals surface area contributed by atoms with Crippen LogP contribution in [0.1, 0.15) is 0 Å². The van der Waals surface area contributed by atoms with Crippen molar-refractivity contribution in [1.29, 1.82) is 0 Å². The van der Waals surface area contributed by atoms with E-state index < -0.39 is 46.2 Å². The average molecular weight is 280 g/mol. The largest absolute Gasteiger partial charge is 0.504 e. The summed E-state index contributed by atoms with van der Waals surface area (Å²) in [6, 6.07) is 0. The molecule has 0 saturated carbocycles. The summed E-state index contributed by atoms with van der Waals surface area (Å²) in [5.74, 6) is -6.05. The minimum absolute atomic E-state index is 0.636. The molecule has 0 amide bonds. The summed E-state index contributed by atoms with van der Waals surface area (Å²) < 4.78 is 0. The van der Waals surface area contributed by atoms with Crippen molar-refractivity contribution in [3.63, 3.8) is 0 Å². The summed E-state index contributed by atoms with van der Waals surface area (Å²) in [6.45, 7) is 0. The van der Waals surface area contributed by atoms with Crippen LogP contribution in [0.25, 0.3) is 0 Å². The molecule has 0 spiro atoms. The zero-order chi connectivity index (χ0) is 15.4. The Morgan fingerprint density at radius 3 is 1.15 bits per heavy atom. The van der Waals surface area contributed by atoms with Gasteiger partial charge in [0.1, 0.15) is 0 Å². The summed E-state index contributed by atoms with van der Waals surface area (Å²) in [7, 11) is 0. The van der Waals surface area contributed by atoms with Gasteiger partial charge in [0, 0.05) is 12.2 Å². The highest BCUT2D eigenvalue weighted by molar-refractivity contribution is 6.18. The maximum Gasteiger partial charge on any atom is 0.224 e. The zero-order valence-corrected chi connectivity index (χ0v) is 9.73. The highest BCUT2D eigenvalue weighted by Gasteiger charge is 2.20. The molecule has 2 aliphatic rings. The number of allylic oxidation sites excluding steroid dienone is 4. The maximum atomic E-state index is 10.4. The zero-order valence-electron chi connectivity index (χ0n) is 9.73. The molecule has 2 aliphatic carbocycles. The Labute approximate surface area is 111 Å². The molecule has 0 bridgehead atoms. The van der Waals surface area contributed by atoms with Gasteiger partial charge in [-0.1, -0.05) is 0 Å². The van der Waals surface area contributed by atoms with Crippen molar-refractivity contribution in [2.24, 2.45) is 0 Å². The second-order valence-corrected chi connectivity index (χ2v) is 3.55. The van der Waals surface area contributed by atoms with Crippen molar-refractivity contribution in [3.05, 3.63) is 47.3 Å². The van der Waals surface area contributed by atoms with Gasteiger partial charge in [0.15, 0.2) is 11.5 Å². The smallest absolute Gasteiger partial charge is 0.224 e. The van der Waals surface area contributed by atoms with E-state index in [0.717, 1.165) is 12.2 Å². The van der Waals surface area contributed by atoms with Crippen LogP contribution in [0.2, 0.25) is 0 Å². The number of ketones is 4. The molecule has 0 unspecified atom stereocenters.